The molecule has 0 radical (unpaired) electrons. The molecule has 129 valence electrons. The van der Waals surface area contributed by atoms with Gasteiger partial charge in [-0.05, 0) is 0 Å². The molecule has 0 N–H and O–H groups in total. The molecule has 0 spiro atoms. The molecule has 0 saturated heterocycles. The maximum absolute atomic E-state index is 5.05. The van der Waals surface area contributed by atoms with Gasteiger partial charge in [0.1, 0.15) is 0 Å². The Labute approximate surface area is 173 Å². The van der Waals surface area contributed by atoms with E-state index in [0.29, 0.717) is 26.1 Å². The molecule has 0 aliphatic carbocycles. The Balaban J connectivity index is 2.12. The van der Waals surface area contributed by atoms with E-state index in [-0.39, 0.29) is 6.04 Å². The molecule has 0 atom stereocenters. The van der Waals surface area contributed by atoms with Gasteiger partial charge in [-0.2, -0.15) is 0 Å². The van der Waals surface area contributed by atoms with E-state index in [9.17, 15) is 0 Å². The Kier molecular flexibility index (Phi) is 6.47. The Morgan fingerprint density at radius 1 is 0.962 bits per heavy atom. The van der Waals surface area contributed by atoms with Crippen molar-refractivity contribution < 1.29 is 26.1 Å². The molecule has 2 nitrogen and oxygen atoms in total. The number of benzene rings is 2. The van der Waals surface area contributed by atoms with Crippen LogP contribution in [0.5, 0.6) is 0 Å². The average Bonchev–Trinajstić information content (AvgIpc) is 2.68. The number of rotatable bonds is 6. The fourth-order valence-electron chi connectivity index (χ4n) is 3.64. The third kappa shape index (κ3) is 3.85. The summed E-state index contributed by atoms with van der Waals surface area (Å²) in [7, 11) is 0. The van der Waals surface area contributed by atoms with Crippen molar-refractivity contribution in [3.63, 3.8) is 0 Å². The third-order valence-corrected chi connectivity index (χ3v) is 6.79. The van der Waals surface area contributed by atoms with Crippen LogP contribution in [0.4, 0.5) is 0 Å². The summed E-state index contributed by atoms with van der Waals surface area (Å²) in [5.41, 5.74) is 6.28. The first kappa shape index (κ1) is 19.1. The predicted octanol–water partition coefficient (Wildman–Crippen LogP) is 5.97. The van der Waals surface area contributed by atoms with Crippen LogP contribution in [0.25, 0.3) is 0 Å². The van der Waals surface area contributed by atoms with E-state index >= 15 is 0 Å². The fraction of sp³-hybridized carbons (Fsp3) is 0.261. The summed E-state index contributed by atoms with van der Waals surface area (Å²) in [6.07, 6.45) is 3.13. The molecule has 3 heteroatoms. The van der Waals surface area contributed by atoms with Crippen LogP contribution in [0.1, 0.15) is 50.3 Å². The van der Waals surface area contributed by atoms with Gasteiger partial charge in [0.2, 0.25) is 0 Å². The Bertz CT molecular complexity index is 782. The molecule has 1 aliphatic rings. The molecule has 1 aliphatic heterocycles. The van der Waals surface area contributed by atoms with Crippen molar-refractivity contribution >= 4 is 3.34 Å². The molecular weight excluding hydrogens is 505 g/mol. The monoisotopic (exact) mass is 531 g/mol. The zero-order chi connectivity index (χ0) is 18.5. The van der Waals surface area contributed by atoms with Crippen molar-refractivity contribution in [1.82, 2.24) is 4.90 Å². The van der Waals surface area contributed by atoms with Gasteiger partial charge in [-0.25, -0.2) is 0 Å². The second-order valence-electron chi connectivity index (χ2n) is 6.60. The Morgan fingerprint density at radius 3 is 1.96 bits per heavy atom. The van der Waals surface area contributed by atoms with E-state index in [1.165, 1.54) is 25.7 Å². The summed E-state index contributed by atoms with van der Waals surface area (Å²) < 4.78 is 1.21. The van der Waals surface area contributed by atoms with E-state index in [4.69, 9.17) is 4.99 Å². The summed E-state index contributed by atoms with van der Waals surface area (Å²) in [5.74, 6) is 0. The molecule has 0 bridgehead atoms. The van der Waals surface area contributed by atoms with Gasteiger partial charge in [-0.15, -0.1) is 0 Å². The van der Waals surface area contributed by atoms with Gasteiger partial charge >= 0.3 is 174 Å². The van der Waals surface area contributed by atoms with Crippen LogP contribution in [-0.4, -0.2) is 8.24 Å². The minimum atomic E-state index is 0.131. The first-order valence-electron chi connectivity index (χ1n) is 9.38. The first-order chi connectivity index (χ1) is 12.7. The zero-order valence-electron chi connectivity index (χ0n) is 15.8. The number of amidine groups is 1. The summed E-state index contributed by atoms with van der Waals surface area (Å²) >= 11 is 0.408. The second-order valence-corrected chi connectivity index (χ2v) is 9.06. The standard InChI is InChI=1S/C23H25N2.Hg/c1-4-12-21-18(3)25(17-24-22(21)5-2)23(19-13-8-6-9-14-19)20-15-10-7-11-16-20;/h6-11,13-16,23H,3-5,12H2,1-2H3;. The van der Waals surface area contributed by atoms with Crippen LogP contribution in [-0.2, 0) is 26.1 Å². The van der Waals surface area contributed by atoms with Crippen LogP contribution in [0, 0.1) is 0 Å². The van der Waals surface area contributed by atoms with Crippen LogP contribution in [0.2, 0.25) is 0 Å². The van der Waals surface area contributed by atoms with E-state index in [1.807, 2.05) is 0 Å². The molecule has 0 fully saturated rings. The van der Waals surface area contributed by atoms with Crippen molar-refractivity contribution in [3.05, 3.63) is 95.3 Å². The van der Waals surface area contributed by atoms with Gasteiger partial charge in [-0.1, -0.05) is 0 Å². The van der Waals surface area contributed by atoms with Crippen LogP contribution in [0.15, 0.2) is 89.2 Å². The number of hydrogen-bond donors (Lipinski definition) is 0. The van der Waals surface area contributed by atoms with Gasteiger partial charge in [0.25, 0.3) is 0 Å². The van der Waals surface area contributed by atoms with Gasteiger partial charge < -0.3 is 0 Å². The summed E-state index contributed by atoms with van der Waals surface area (Å²) in [5, 5.41) is 0. The van der Waals surface area contributed by atoms with Crippen LogP contribution < -0.4 is 0 Å². The number of aliphatic imine (C=N–C) groups is 1. The normalized spacial score (nSPS) is 14.9. The van der Waals surface area contributed by atoms with Crippen molar-refractivity contribution in [1.29, 1.82) is 0 Å². The van der Waals surface area contributed by atoms with Crippen molar-refractivity contribution in [3.8, 4) is 0 Å². The van der Waals surface area contributed by atoms with Gasteiger partial charge in [0.05, 0.1) is 0 Å². The van der Waals surface area contributed by atoms with Gasteiger partial charge in [0, 0.05) is 0 Å². The topological polar surface area (TPSA) is 15.6 Å². The molecule has 3 rings (SSSR count). The summed E-state index contributed by atoms with van der Waals surface area (Å²) in [4.78, 5) is 7.45. The maximum atomic E-state index is 5.05. The third-order valence-electron chi connectivity index (χ3n) is 4.85. The number of allylic oxidation sites excluding steroid dienone is 2. The molecule has 26 heavy (non-hydrogen) atoms. The molecule has 1 heterocycles. The minimum absolute atomic E-state index is 0.131. The number of nitrogens with zero attached hydrogens (tertiary/aromatic N) is 2. The van der Waals surface area contributed by atoms with Crippen molar-refractivity contribution in [2.75, 3.05) is 0 Å². The molecule has 2 aromatic rings. The Morgan fingerprint density at radius 2 is 1.50 bits per heavy atom. The molecular formula is C23H25HgN2. The molecule has 0 unspecified atom stereocenters. The predicted molar refractivity (Wildman–Crippen MR) is 105 cm³/mol. The Hall–Kier alpha value is -1.67. The van der Waals surface area contributed by atoms with E-state index < -0.39 is 0 Å². The van der Waals surface area contributed by atoms with Crippen LogP contribution in [0.3, 0.4) is 0 Å². The van der Waals surface area contributed by atoms with E-state index in [2.05, 4.69) is 86.0 Å². The van der Waals surface area contributed by atoms with E-state index in [0.717, 1.165) is 25.0 Å². The van der Waals surface area contributed by atoms with E-state index in [1.54, 1.807) is 0 Å². The number of hydrogen-bond acceptors (Lipinski definition) is 2. The van der Waals surface area contributed by atoms with Crippen LogP contribution >= 0.6 is 0 Å². The first-order valence-corrected chi connectivity index (χ1v) is 12.1. The quantitative estimate of drug-likeness (QED) is 0.421. The van der Waals surface area contributed by atoms with Crippen molar-refractivity contribution in [2.45, 2.75) is 39.2 Å². The SMILES string of the molecule is C=C1C(CCC)=C(CC)N=[C]([Hg])N1C(c1ccccc1)c1ccccc1. The fourth-order valence-corrected chi connectivity index (χ4v) is 5.84. The zero-order valence-corrected chi connectivity index (χ0v) is 21.3. The van der Waals surface area contributed by atoms with Gasteiger partial charge in [-0.3, -0.25) is 0 Å². The molecule has 0 aromatic heterocycles. The average molecular weight is 530 g/mol. The summed E-state index contributed by atoms with van der Waals surface area (Å²) in [6, 6.07) is 21.6. The van der Waals surface area contributed by atoms with Crippen molar-refractivity contribution in [2.24, 2.45) is 4.99 Å². The molecule has 0 saturated carbocycles. The van der Waals surface area contributed by atoms with Gasteiger partial charge in [0.15, 0.2) is 0 Å². The summed E-state index contributed by atoms with van der Waals surface area (Å²) in [6.45, 7) is 8.96. The molecule has 2 aromatic carbocycles. The molecule has 0 amide bonds. The second kappa shape index (κ2) is 8.81.